The lowest BCUT2D eigenvalue weighted by Crippen LogP contribution is -2.14. The molecule has 0 radical (unpaired) electrons. The van der Waals surface area contributed by atoms with Gasteiger partial charge in [0.05, 0.1) is 36.1 Å². The Morgan fingerprint density at radius 1 is 1.22 bits per heavy atom. The van der Waals surface area contributed by atoms with Crippen LogP contribution >= 0.6 is 11.6 Å². The Morgan fingerprint density at radius 3 is 2.52 bits per heavy atom. The van der Waals surface area contributed by atoms with Gasteiger partial charge in [0.2, 0.25) is 0 Å². The van der Waals surface area contributed by atoms with Crippen molar-refractivity contribution in [3.63, 3.8) is 0 Å². The van der Waals surface area contributed by atoms with E-state index in [4.69, 9.17) is 16.3 Å². The van der Waals surface area contributed by atoms with Gasteiger partial charge in [-0.2, -0.15) is 0 Å². The van der Waals surface area contributed by atoms with Crippen molar-refractivity contribution in [3.8, 4) is 5.75 Å². The first kappa shape index (κ1) is 17.4. The van der Waals surface area contributed by atoms with E-state index >= 15 is 0 Å². The fourth-order valence-electron chi connectivity index (χ4n) is 2.25. The van der Waals surface area contributed by atoms with Crippen LogP contribution in [-0.4, -0.2) is 31.2 Å². The summed E-state index contributed by atoms with van der Waals surface area (Å²) < 4.78 is 30.4. The number of aldehydes is 1. The van der Waals surface area contributed by atoms with Gasteiger partial charge in [-0.15, -0.1) is 0 Å². The third-order valence-corrected chi connectivity index (χ3v) is 3.86. The van der Waals surface area contributed by atoms with E-state index in [1.165, 1.54) is 12.1 Å². The number of rotatable bonds is 8. The van der Waals surface area contributed by atoms with Crippen LogP contribution in [0.2, 0.25) is 5.02 Å². The molecule has 1 heterocycles. The second-order valence-corrected chi connectivity index (χ2v) is 5.58. The van der Waals surface area contributed by atoms with Crippen LogP contribution in [0.4, 0.5) is 8.78 Å². The fourth-order valence-corrected chi connectivity index (χ4v) is 2.48. The zero-order chi connectivity index (χ0) is 16.8. The zero-order valence-corrected chi connectivity index (χ0v) is 13.0. The molecule has 1 aromatic heterocycles. The number of carbonyl (C=O) groups excluding carboxylic acids is 1. The molecule has 0 aliphatic carbocycles. The number of nitrogens with one attached hydrogen (secondary N) is 1. The number of hydrogen-bond acceptors (Lipinski definition) is 3. The number of carbonyl (C=O) groups is 1. The predicted octanol–water partition coefficient (Wildman–Crippen LogP) is 3.71. The number of aromatic nitrogens is 1. The molecule has 1 aromatic carbocycles. The highest BCUT2D eigenvalue weighted by molar-refractivity contribution is 6.32. The average molecular weight is 344 g/mol. The summed E-state index contributed by atoms with van der Waals surface area (Å²) >= 11 is 6.12. The lowest BCUT2D eigenvalue weighted by atomic mass is 10.0. The van der Waals surface area contributed by atoms with Crippen molar-refractivity contribution in [2.75, 3.05) is 20.0 Å². The van der Waals surface area contributed by atoms with Crippen LogP contribution in [0, 0.1) is 5.92 Å². The minimum atomic E-state index is -0.540. The van der Waals surface area contributed by atoms with Crippen molar-refractivity contribution < 1.29 is 18.3 Å². The van der Waals surface area contributed by atoms with Crippen LogP contribution in [-0.2, 0) is 0 Å². The Bertz CT molecular complexity index is 742. The average Bonchev–Trinajstić information content (AvgIpc) is 2.53. The van der Waals surface area contributed by atoms with Crippen molar-refractivity contribution in [1.29, 1.82) is 0 Å². The molecule has 0 spiro atoms. The van der Waals surface area contributed by atoms with Crippen LogP contribution < -0.4 is 10.3 Å². The standard InChI is InChI=1S/C16H16ClF2NO3/c17-13-6-11-5-12(8-21)16(22)20-14(11)7-15(13)23-9-10(1-3-18)2-4-19/h5-8,10H,1-4,9H2,(H,20,22). The van der Waals surface area contributed by atoms with E-state index in [2.05, 4.69) is 4.98 Å². The fraction of sp³-hybridized carbons (Fsp3) is 0.375. The topological polar surface area (TPSA) is 59.2 Å². The molecule has 0 amide bonds. The van der Waals surface area contributed by atoms with Gasteiger partial charge in [0.1, 0.15) is 5.75 Å². The summed E-state index contributed by atoms with van der Waals surface area (Å²) in [5.41, 5.74) is -0.0331. The third kappa shape index (κ3) is 4.28. The maximum Gasteiger partial charge on any atom is 0.259 e. The zero-order valence-electron chi connectivity index (χ0n) is 12.3. The molecule has 0 aliphatic rings. The molecular weight excluding hydrogens is 328 g/mol. The van der Waals surface area contributed by atoms with Gasteiger partial charge in [-0.05, 0) is 30.9 Å². The second-order valence-electron chi connectivity index (χ2n) is 5.17. The molecule has 0 saturated carbocycles. The minimum Gasteiger partial charge on any atom is -0.492 e. The number of pyridine rings is 1. The van der Waals surface area contributed by atoms with E-state index in [1.807, 2.05) is 0 Å². The molecule has 124 valence electrons. The van der Waals surface area contributed by atoms with Gasteiger partial charge < -0.3 is 9.72 Å². The van der Waals surface area contributed by atoms with Gasteiger partial charge in [0, 0.05) is 11.5 Å². The summed E-state index contributed by atoms with van der Waals surface area (Å²) in [6.45, 7) is -0.946. The minimum absolute atomic E-state index is 0.00758. The van der Waals surface area contributed by atoms with E-state index in [0.717, 1.165) is 0 Å². The quantitative estimate of drug-likeness (QED) is 0.743. The summed E-state index contributed by atoms with van der Waals surface area (Å²) in [6.07, 6.45) is 0.901. The van der Waals surface area contributed by atoms with Gasteiger partial charge in [0.25, 0.3) is 5.56 Å². The number of alkyl halides is 2. The number of H-pyrrole nitrogens is 1. The molecule has 4 nitrogen and oxygen atoms in total. The number of benzene rings is 1. The van der Waals surface area contributed by atoms with E-state index in [1.54, 1.807) is 6.07 Å². The molecule has 23 heavy (non-hydrogen) atoms. The Kier molecular flexibility index (Phi) is 6.10. The van der Waals surface area contributed by atoms with Crippen molar-refractivity contribution in [2.45, 2.75) is 12.8 Å². The summed E-state index contributed by atoms with van der Waals surface area (Å²) in [5, 5.41) is 0.883. The Labute approximate surface area is 136 Å². The van der Waals surface area contributed by atoms with Gasteiger partial charge in [-0.3, -0.25) is 18.4 Å². The normalized spacial score (nSPS) is 11.1. The van der Waals surface area contributed by atoms with Crippen molar-refractivity contribution in [2.24, 2.45) is 5.92 Å². The molecule has 2 rings (SSSR count). The SMILES string of the molecule is O=Cc1cc2cc(Cl)c(OCC(CCF)CCF)cc2[nH]c1=O. The molecule has 1 N–H and O–H groups in total. The highest BCUT2D eigenvalue weighted by Crippen LogP contribution is 2.29. The summed E-state index contributed by atoms with van der Waals surface area (Å²) in [6, 6.07) is 4.54. The molecule has 7 heteroatoms. The Morgan fingerprint density at radius 2 is 1.91 bits per heavy atom. The van der Waals surface area contributed by atoms with Gasteiger partial charge in [0.15, 0.2) is 6.29 Å². The number of hydrogen-bond donors (Lipinski definition) is 1. The lowest BCUT2D eigenvalue weighted by Gasteiger charge is -2.16. The molecular formula is C16H16ClF2NO3. The maximum absolute atomic E-state index is 12.4. The predicted molar refractivity (Wildman–Crippen MR) is 85.1 cm³/mol. The van der Waals surface area contributed by atoms with Gasteiger partial charge in [-0.1, -0.05) is 11.6 Å². The summed E-state index contributed by atoms with van der Waals surface area (Å²) in [4.78, 5) is 25.0. The first-order valence-corrected chi connectivity index (χ1v) is 7.53. The van der Waals surface area contributed by atoms with Crippen LogP contribution in [0.3, 0.4) is 0 Å². The van der Waals surface area contributed by atoms with E-state index < -0.39 is 18.9 Å². The molecule has 0 fully saturated rings. The van der Waals surface area contributed by atoms with Crippen LogP contribution in [0.1, 0.15) is 23.2 Å². The molecule has 2 aromatic rings. The largest absolute Gasteiger partial charge is 0.492 e. The van der Waals surface area contributed by atoms with Crippen molar-refractivity contribution in [3.05, 3.63) is 39.1 Å². The number of halogens is 3. The Balaban J connectivity index is 2.25. The highest BCUT2D eigenvalue weighted by Gasteiger charge is 2.12. The number of aromatic amines is 1. The van der Waals surface area contributed by atoms with Crippen LogP contribution in [0.25, 0.3) is 10.9 Å². The van der Waals surface area contributed by atoms with E-state index in [0.29, 0.717) is 28.0 Å². The number of ether oxygens (including phenoxy) is 1. The van der Waals surface area contributed by atoms with Crippen LogP contribution in [0.5, 0.6) is 5.75 Å². The summed E-state index contributed by atoms with van der Waals surface area (Å²) in [5.74, 6) is 0.0737. The van der Waals surface area contributed by atoms with E-state index in [9.17, 15) is 18.4 Å². The second kappa shape index (κ2) is 8.06. The van der Waals surface area contributed by atoms with Crippen molar-refractivity contribution in [1.82, 2.24) is 4.98 Å². The smallest absolute Gasteiger partial charge is 0.259 e. The van der Waals surface area contributed by atoms with E-state index in [-0.39, 0.29) is 30.9 Å². The first-order chi connectivity index (χ1) is 11.1. The molecule has 0 unspecified atom stereocenters. The summed E-state index contributed by atoms with van der Waals surface area (Å²) in [7, 11) is 0. The van der Waals surface area contributed by atoms with Gasteiger partial charge >= 0.3 is 0 Å². The maximum atomic E-state index is 12.4. The molecule has 0 atom stereocenters. The molecule has 0 aliphatic heterocycles. The highest BCUT2D eigenvalue weighted by atomic mass is 35.5. The first-order valence-electron chi connectivity index (χ1n) is 7.15. The third-order valence-electron chi connectivity index (χ3n) is 3.56. The van der Waals surface area contributed by atoms with Crippen LogP contribution in [0.15, 0.2) is 23.0 Å². The Hall–Kier alpha value is -1.95. The van der Waals surface area contributed by atoms with Crippen molar-refractivity contribution >= 4 is 28.8 Å². The molecule has 0 saturated heterocycles. The number of fused-ring (bicyclic) bond motifs is 1. The monoisotopic (exact) mass is 343 g/mol. The van der Waals surface area contributed by atoms with Gasteiger partial charge in [-0.25, -0.2) is 0 Å². The molecule has 0 bridgehead atoms. The lowest BCUT2D eigenvalue weighted by molar-refractivity contribution is 0.112.